The lowest BCUT2D eigenvalue weighted by molar-refractivity contribution is -0.384. The van der Waals surface area contributed by atoms with E-state index < -0.39 is 11.0 Å². The molecular weight excluding hydrogens is 236 g/mol. The van der Waals surface area contributed by atoms with Crippen LogP contribution in [0, 0.1) is 16.0 Å². The first-order valence-electron chi connectivity index (χ1n) is 5.63. The Balaban J connectivity index is 2.39. The van der Waals surface area contributed by atoms with Crippen LogP contribution < -0.4 is 5.32 Å². The summed E-state index contributed by atoms with van der Waals surface area (Å²) in [6.45, 7) is 4.62. The molecule has 0 unspecified atom stereocenters. The second-order valence-electron chi connectivity index (χ2n) is 4.27. The van der Waals surface area contributed by atoms with Crippen LogP contribution in [0.3, 0.4) is 0 Å². The van der Waals surface area contributed by atoms with Crippen molar-refractivity contribution in [2.75, 3.05) is 6.54 Å². The second kappa shape index (κ2) is 6.58. The Kier molecular flexibility index (Phi) is 5.10. The number of alkyl carbamates (subject to hydrolysis) is 1. The van der Waals surface area contributed by atoms with E-state index in [0.717, 1.165) is 0 Å². The smallest absolute Gasteiger partial charge is 0.407 e. The zero-order chi connectivity index (χ0) is 13.5. The van der Waals surface area contributed by atoms with Crippen LogP contribution in [0.25, 0.3) is 0 Å². The minimum atomic E-state index is -0.484. The molecule has 0 spiro atoms. The summed E-state index contributed by atoms with van der Waals surface area (Å²) in [5, 5.41) is 13.1. The van der Waals surface area contributed by atoms with Gasteiger partial charge in [0, 0.05) is 18.7 Å². The summed E-state index contributed by atoms with van der Waals surface area (Å²) < 4.78 is 4.96. The van der Waals surface area contributed by atoms with Crippen molar-refractivity contribution < 1.29 is 14.5 Å². The van der Waals surface area contributed by atoms with Crippen LogP contribution in [-0.2, 0) is 11.3 Å². The summed E-state index contributed by atoms with van der Waals surface area (Å²) in [5.41, 5.74) is 0.725. The molecule has 0 bridgehead atoms. The lowest BCUT2D eigenvalue weighted by atomic mass is 10.2. The van der Waals surface area contributed by atoms with Gasteiger partial charge in [0.2, 0.25) is 0 Å². The molecule has 0 aliphatic rings. The molecule has 0 radical (unpaired) electrons. The SMILES string of the molecule is CC(C)CNC(=O)OCc1ccc([N+](=O)[O-])cc1. The fraction of sp³-hybridized carbons (Fsp3) is 0.417. The maximum absolute atomic E-state index is 11.3. The van der Waals surface area contributed by atoms with Crippen molar-refractivity contribution in [1.29, 1.82) is 0 Å². The topological polar surface area (TPSA) is 81.5 Å². The number of hydrogen-bond donors (Lipinski definition) is 1. The van der Waals surface area contributed by atoms with E-state index in [0.29, 0.717) is 18.0 Å². The predicted molar refractivity (Wildman–Crippen MR) is 66.1 cm³/mol. The van der Waals surface area contributed by atoms with E-state index in [9.17, 15) is 14.9 Å². The highest BCUT2D eigenvalue weighted by Gasteiger charge is 2.06. The standard InChI is InChI=1S/C12H16N2O4/c1-9(2)7-13-12(15)18-8-10-3-5-11(6-4-10)14(16)17/h3-6,9H,7-8H2,1-2H3,(H,13,15). The first kappa shape index (κ1) is 14.0. The largest absolute Gasteiger partial charge is 0.445 e. The molecule has 0 fully saturated rings. The van der Waals surface area contributed by atoms with Crippen molar-refractivity contribution in [2.45, 2.75) is 20.5 Å². The summed E-state index contributed by atoms with van der Waals surface area (Å²) in [6, 6.07) is 5.89. The van der Waals surface area contributed by atoms with E-state index in [1.165, 1.54) is 12.1 Å². The minimum absolute atomic E-state index is 0.0167. The van der Waals surface area contributed by atoms with E-state index >= 15 is 0 Å². The third kappa shape index (κ3) is 4.82. The fourth-order valence-electron chi connectivity index (χ4n) is 1.20. The molecule has 1 aromatic carbocycles. The van der Waals surface area contributed by atoms with Gasteiger partial charge in [-0.1, -0.05) is 13.8 Å². The van der Waals surface area contributed by atoms with Crippen LogP contribution in [0.1, 0.15) is 19.4 Å². The van der Waals surface area contributed by atoms with Crippen LogP contribution in [-0.4, -0.2) is 17.6 Å². The Labute approximate surface area is 105 Å². The second-order valence-corrected chi connectivity index (χ2v) is 4.27. The van der Waals surface area contributed by atoms with Crippen molar-refractivity contribution >= 4 is 11.8 Å². The van der Waals surface area contributed by atoms with Gasteiger partial charge in [-0.15, -0.1) is 0 Å². The molecule has 0 aromatic heterocycles. The van der Waals surface area contributed by atoms with Gasteiger partial charge in [-0.25, -0.2) is 4.79 Å². The van der Waals surface area contributed by atoms with Gasteiger partial charge < -0.3 is 10.1 Å². The molecule has 0 aliphatic carbocycles. The summed E-state index contributed by atoms with van der Waals surface area (Å²) in [6.07, 6.45) is -0.484. The van der Waals surface area contributed by atoms with Gasteiger partial charge in [0.25, 0.3) is 5.69 Å². The molecular formula is C12H16N2O4. The Morgan fingerprint density at radius 1 is 1.39 bits per heavy atom. The molecule has 0 heterocycles. The van der Waals surface area contributed by atoms with Crippen LogP contribution >= 0.6 is 0 Å². The number of amides is 1. The molecule has 6 nitrogen and oxygen atoms in total. The van der Waals surface area contributed by atoms with Crippen molar-refractivity contribution in [3.63, 3.8) is 0 Å². The van der Waals surface area contributed by atoms with E-state index in [1.54, 1.807) is 12.1 Å². The third-order valence-corrected chi connectivity index (χ3v) is 2.17. The van der Waals surface area contributed by atoms with Gasteiger partial charge in [-0.3, -0.25) is 10.1 Å². The predicted octanol–water partition coefficient (Wildman–Crippen LogP) is 2.48. The number of carbonyl (C=O) groups excluding carboxylic acids is 1. The van der Waals surface area contributed by atoms with Crippen molar-refractivity contribution in [2.24, 2.45) is 5.92 Å². The van der Waals surface area contributed by atoms with Gasteiger partial charge in [0.15, 0.2) is 0 Å². The van der Waals surface area contributed by atoms with Gasteiger partial charge in [0.05, 0.1) is 4.92 Å². The Bertz CT molecular complexity index is 415. The van der Waals surface area contributed by atoms with Crippen LogP contribution in [0.15, 0.2) is 24.3 Å². The van der Waals surface area contributed by atoms with Crippen molar-refractivity contribution in [1.82, 2.24) is 5.32 Å². The minimum Gasteiger partial charge on any atom is -0.445 e. The highest BCUT2D eigenvalue weighted by molar-refractivity contribution is 5.67. The maximum atomic E-state index is 11.3. The number of benzene rings is 1. The zero-order valence-corrected chi connectivity index (χ0v) is 10.4. The monoisotopic (exact) mass is 252 g/mol. The van der Waals surface area contributed by atoms with Crippen molar-refractivity contribution in [3.8, 4) is 0 Å². The lowest BCUT2D eigenvalue weighted by Crippen LogP contribution is -2.27. The number of hydrogen-bond acceptors (Lipinski definition) is 4. The Morgan fingerprint density at radius 2 is 2.00 bits per heavy atom. The zero-order valence-electron chi connectivity index (χ0n) is 10.4. The molecule has 0 saturated carbocycles. The molecule has 1 rings (SSSR count). The van der Waals surface area contributed by atoms with Crippen molar-refractivity contribution in [3.05, 3.63) is 39.9 Å². The number of non-ortho nitro benzene ring substituents is 1. The van der Waals surface area contributed by atoms with Gasteiger partial charge in [-0.05, 0) is 23.6 Å². The summed E-state index contributed by atoms with van der Waals surface area (Å²) in [5.74, 6) is 0.358. The molecule has 0 aliphatic heterocycles. The summed E-state index contributed by atoms with van der Waals surface area (Å²) in [4.78, 5) is 21.2. The van der Waals surface area contributed by atoms with Crippen LogP contribution in [0.2, 0.25) is 0 Å². The van der Waals surface area contributed by atoms with E-state index in [4.69, 9.17) is 4.74 Å². The fourth-order valence-corrected chi connectivity index (χ4v) is 1.20. The molecule has 1 amide bonds. The summed E-state index contributed by atoms with van der Waals surface area (Å²) >= 11 is 0. The number of ether oxygens (including phenoxy) is 1. The van der Waals surface area contributed by atoms with Gasteiger partial charge >= 0.3 is 6.09 Å². The van der Waals surface area contributed by atoms with Crippen LogP contribution in [0.4, 0.5) is 10.5 Å². The quantitative estimate of drug-likeness (QED) is 0.644. The molecule has 1 aromatic rings. The van der Waals surface area contributed by atoms with E-state index in [1.807, 2.05) is 13.8 Å². The lowest BCUT2D eigenvalue weighted by Gasteiger charge is -2.08. The highest BCUT2D eigenvalue weighted by Crippen LogP contribution is 2.12. The van der Waals surface area contributed by atoms with E-state index in [2.05, 4.69) is 5.32 Å². The molecule has 6 heteroatoms. The molecule has 98 valence electrons. The molecule has 0 saturated heterocycles. The normalized spacial score (nSPS) is 10.2. The van der Waals surface area contributed by atoms with Crippen LogP contribution in [0.5, 0.6) is 0 Å². The van der Waals surface area contributed by atoms with E-state index in [-0.39, 0.29) is 12.3 Å². The Morgan fingerprint density at radius 3 is 2.50 bits per heavy atom. The number of carbonyl (C=O) groups is 1. The number of rotatable bonds is 5. The third-order valence-electron chi connectivity index (χ3n) is 2.17. The highest BCUT2D eigenvalue weighted by atomic mass is 16.6. The molecule has 0 atom stereocenters. The number of nitro benzene ring substituents is 1. The number of nitrogens with one attached hydrogen (secondary N) is 1. The average Bonchev–Trinajstić information content (AvgIpc) is 2.34. The first-order chi connectivity index (χ1) is 8.49. The maximum Gasteiger partial charge on any atom is 0.407 e. The molecule has 18 heavy (non-hydrogen) atoms. The Hall–Kier alpha value is -2.11. The number of nitro groups is 1. The van der Waals surface area contributed by atoms with Gasteiger partial charge in [0.1, 0.15) is 6.61 Å². The first-order valence-corrected chi connectivity index (χ1v) is 5.63. The van der Waals surface area contributed by atoms with Gasteiger partial charge in [-0.2, -0.15) is 0 Å². The average molecular weight is 252 g/mol. The summed E-state index contributed by atoms with van der Waals surface area (Å²) in [7, 11) is 0. The molecule has 1 N–H and O–H groups in total. The number of nitrogens with zero attached hydrogens (tertiary/aromatic N) is 1.